The SMILES string of the molecule is CCCCCCNC(=O)c1ccc(N)cc1.CCCCCCNC(=O)c1ccc(Nc2ccnc3ccccc23)cc1. The highest BCUT2D eigenvalue weighted by atomic mass is 16.2. The Labute approximate surface area is 250 Å². The van der Waals surface area contributed by atoms with Gasteiger partial charge in [0, 0.05) is 52.9 Å². The average Bonchev–Trinajstić information content (AvgIpc) is 3.02. The molecule has 0 aliphatic carbocycles. The number of nitrogen functional groups attached to an aromatic ring is 1. The fourth-order valence-corrected chi connectivity index (χ4v) is 4.41. The first kappa shape index (κ1) is 32.1. The molecule has 7 nitrogen and oxygen atoms in total. The van der Waals surface area contributed by atoms with Gasteiger partial charge >= 0.3 is 0 Å². The molecule has 0 bridgehead atoms. The Bertz CT molecular complexity index is 1370. The molecule has 4 rings (SSSR count). The van der Waals surface area contributed by atoms with Crippen LogP contribution in [-0.2, 0) is 0 Å². The first-order valence-corrected chi connectivity index (χ1v) is 15.1. The van der Waals surface area contributed by atoms with Crippen molar-refractivity contribution in [2.75, 3.05) is 24.1 Å². The molecule has 5 N–H and O–H groups in total. The molecule has 1 heterocycles. The summed E-state index contributed by atoms with van der Waals surface area (Å²) in [7, 11) is 0. The fraction of sp³-hybridized carbons (Fsp3) is 0.343. The summed E-state index contributed by atoms with van der Waals surface area (Å²) >= 11 is 0. The Hall–Kier alpha value is -4.39. The number of rotatable bonds is 14. The number of para-hydroxylation sites is 1. The van der Waals surface area contributed by atoms with Crippen LogP contribution in [0.3, 0.4) is 0 Å². The summed E-state index contributed by atoms with van der Waals surface area (Å²) in [6, 6.07) is 24.5. The van der Waals surface area contributed by atoms with Crippen molar-refractivity contribution >= 4 is 39.8 Å². The normalized spacial score (nSPS) is 10.4. The van der Waals surface area contributed by atoms with Crippen LogP contribution in [0.2, 0.25) is 0 Å². The van der Waals surface area contributed by atoms with E-state index >= 15 is 0 Å². The highest BCUT2D eigenvalue weighted by Crippen LogP contribution is 2.25. The van der Waals surface area contributed by atoms with Gasteiger partial charge in [0.1, 0.15) is 0 Å². The maximum atomic E-state index is 12.2. The van der Waals surface area contributed by atoms with Crippen molar-refractivity contribution in [2.45, 2.75) is 65.2 Å². The van der Waals surface area contributed by atoms with Crippen LogP contribution in [-0.4, -0.2) is 29.9 Å². The Morgan fingerprint density at radius 1 is 0.667 bits per heavy atom. The topological polar surface area (TPSA) is 109 Å². The molecule has 222 valence electrons. The van der Waals surface area contributed by atoms with Gasteiger partial charge in [-0.25, -0.2) is 0 Å². The van der Waals surface area contributed by atoms with Gasteiger partial charge in [0.2, 0.25) is 0 Å². The van der Waals surface area contributed by atoms with E-state index in [9.17, 15) is 9.59 Å². The lowest BCUT2D eigenvalue weighted by atomic mass is 10.1. The summed E-state index contributed by atoms with van der Waals surface area (Å²) in [4.78, 5) is 28.2. The predicted molar refractivity (Wildman–Crippen MR) is 175 cm³/mol. The Kier molecular flexibility index (Phi) is 13.9. The van der Waals surface area contributed by atoms with Crippen molar-refractivity contribution in [2.24, 2.45) is 0 Å². The van der Waals surface area contributed by atoms with E-state index in [0.29, 0.717) is 16.8 Å². The number of nitrogens with zero attached hydrogens (tertiary/aromatic N) is 1. The fourth-order valence-electron chi connectivity index (χ4n) is 4.41. The molecule has 0 unspecified atom stereocenters. The molecule has 0 atom stereocenters. The van der Waals surface area contributed by atoms with Crippen molar-refractivity contribution in [3.05, 3.63) is 96.2 Å². The zero-order valence-electron chi connectivity index (χ0n) is 25.0. The number of carbonyl (C=O) groups is 2. The Balaban J connectivity index is 0.000000260. The third-order valence-electron chi connectivity index (χ3n) is 6.88. The van der Waals surface area contributed by atoms with Crippen molar-refractivity contribution in [3.8, 4) is 0 Å². The maximum Gasteiger partial charge on any atom is 0.251 e. The van der Waals surface area contributed by atoms with Gasteiger partial charge in [0.25, 0.3) is 11.8 Å². The van der Waals surface area contributed by atoms with Crippen LogP contribution in [0, 0.1) is 0 Å². The number of amides is 2. The lowest BCUT2D eigenvalue weighted by molar-refractivity contribution is 0.0944. The van der Waals surface area contributed by atoms with Crippen molar-refractivity contribution in [1.82, 2.24) is 15.6 Å². The zero-order valence-corrected chi connectivity index (χ0v) is 25.0. The lowest BCUT2D eigenvalue weighted by Gasteiger charge is -2.10. The molecule has 0 saturated heterocycles. The smallest absolute Gasteiger partial charge is 0.251 e. The van der Waals surface area contributed by atoms with Gasteiger partial charge in [-0.3, -0.25) is 14.6 Å². The van der Waals surface area contributed by atoms with E-state index in [4.69, 9.17) is 5.73 Å². The standard InChI is InChI=1S/C22H25N3O.C13H20N2O/c1-2-3-4-7-15-24-22(26)17-10-12-18(13-11-17)25-21-14-16-23-20-9-6-5-8-19(20)21;1-2-3-4-5-10-15-13(16)11-6-8-12(14)9-7-11/h5-6,8-14,16H,2-4,7,15H2,1H3,(H,23,25)(H,24,26);6-9H,2-5,10,14H2,1H3,(H,15,16). The molecule has 4 aromatic rings. The van der Waals surface area contributed by atoms with E-state index < -0.39 is 0 Å². The third kappa shape index (κ3) is 10.9. The van der Waals surface area contributed by atoms with Gasteiger partial charge in [-0.05, 0) is 73.5 Å². The molecule has 0 saturated carbocycles. The van der Waals surface area contributed by atoms with E-state index in [0.717, 1.165) is 48.2 Å². The molecule has 7 heteroatoms. The maximum absolute atomic E-state index is 12.2. The largest absolute Gasteiger partial charge is 0.399 e. The number of fused-ring (bicyclic) bond motifs is 1. The minimum absolute atomic E-state index is 0.0117. The monoisotopic (exact) mass is 567 g/mol. The van der Waals surface area contributed by atoms with E-state index in [1.165, 1.54) is 38.5 Å². The highest BCUT2D eigenvalue weighted by Gasteiger charge is 2.06. The lowest BCUT2D eigenvalue weighted by Crippen LogP contribution is -2.24. The molecular formula is C35H45N5O2. The number of hydrogen-bond acceptors (Lipinski definition) is 5. The number of nitrogens with one attached hydrogen (secondary N) is 3. The first-order chi connectivity index (χ1) is 20.5. The quantitative estimate of drug-likeness (QED) is 0.0916. The van der Waals surface area contributed by atoms with Crippen LogP contribution < -0.4 is 21.7 Å². The second kappa shape index (κ2) is 18.1. The number of anilines is 3. The van der Waals surface area contributed by atoms with Crippen LogP contribution >= 0.6 is 0 Å². The van der Waals surface area contributed by atoms with Crippen molar-refractivity contribution in [1.29, 1.82) is 0 Å². The van der Waals surface area contributed by atoms with Gasteiger partial charge in [0.15, 0.2) is 0 Å². The summed E-state index contributed by atoms with van der Waals surface area (Å²) < 4.78 is 0. The number of hydrogen-bond donors (Lipinski definition) is 4. The third-order valence-corrected chi connectivity index (χ3v) is 6.88. The zero-order chi connectivity index (χ0) is 30.0. The Morgan fingerprint density at radius 3 is 1.79 bits per heavy atom. The predicted octanol–water partition coefficient (Wildman–Crippen LogP) is 7.87. The van der Waals surface area contributed by atoms with Crippen molar-refractivity contribution in [3.63, 3.8) is 0 Å². The number of aromatic nitrogens is 1. The number of nitrogens with two attached hydrogens (primary N) is 1. The highest BCUT2D eigenvalue weighted by molar-refractivity contribution is 5.96. The van der Waals surface area contributed by atoms with Gasteiger partial charge in [-0.15, -0.1) is 0 Å². The van der Waals surface area contributed by atoms with E-state index in [1.807, 2.05) is 54.6 Å². The molecule has 42 heavy (non-hydrogen) atoms. The van der Waals surface area contributed by atoms with Crippen molar-refractivity contribution < 1.29 is 9.59 Å². The molecule has 0 spiro atoms. The summed E-state index contributed by atoms with van der Waals surface area (Å²) in [5, 5.41) is 10.4. The molecule has 1 aromatic heterocycles. The second-order valence-electron chi connectivity index (χ2n) is 10.3. The number of pyridine rings is 1. The van der Waals surface area contributed by atoms with Crippen LogP contribution in [0.25, 0.3) is 10.9 Å². The van der Waals surface area contributed by atoms with E-state index in [1.54, 1.807) is 30.5 Å². The molecule has 2 amide bonds. The van der Waals surface area contributed by atoms with Gasteiger partial charge in [-0.1, -0.05) is 70.6 Å². The number of carbonyl (C=O) groups excluding carboxylic acids is 2. The van der Waals surface area contributed by atoms with Gasteiger partial charge < -0.3 is 21.7 Å². The minimum atomic E-state index is -0.0171. The van der Waals surface area contributed by atoms with E-state index in [2.05, 4.69) is 34.8 Å². The number of unbranched alkanes of at least 4 members (excludes halogenated alkanes) is 6. The summed E-state index contributed by atoms with van der Waals surface area (Å²) in [5.41, 5.74) is 10.5. The molecule has 0 aliphatic rings. The van der Waals surface area contributed by atoms with Gasteiger partial charge in [0.05, 0.1) is 5.52 Å². The Morgan fingerprint density at radius 2 is 1.21 bits per heavy atom. The van der Waals surface area contributed by atoms with Gasteiger partial charge in [-0.2, -0.15) is 0 Å². The molecule has 0 fully saturated rings. The molecule has 0 radical (unpaired) electrons. The summed E-state index contributed by atoms with van der Waals surface area (Å²) in [6.45, 7) is 5.85. The summed E-state index contributed by atoms with van der Waals surface area (Å²) in [5.74, 6) is -0.0288. The molecular weight excluding hydrogens is 522 g/mol. The first-order valence-electron chi connectivity index (χ1n) is 15.1. The van der Waals surface area contributed by atoms with Crippen LogP contribution in [0.15, 0.2) is 85.1 Å². The van der Waals surface area contributed by atoms with E-state index in [-0.39, 0.29) is 11.8 Å². The van der Waals surface area contributed by atoms with Crippen LogP contribution in [0.4, 0.5) is 17.1 Å². The number of benzene rings is 3. The van der Waals surface area contributed by atoms with Crippen LogP contribution in [0.1, 0.15) is 85.9 Å². The average molecular weight is 568 g/mol. The molecule has 3 aromatic carbocycles. The minimum Gasteiger partial charge on any atom is -0.399 e. The summed E-state index contributed by atoms with van der Waals surface area (Å²) in [6.07, 6.45) is 11.1. The van der Waals surface area contributed by atoms with Crippen LogP contribution in [0.5, 0.6) is 0 Å². The second-order valence-corrected chi connectivity index (χ2v) is 10.3. The molecule has 0 aliphatic heterocycles.